The fourth-order valence-corrected chi connectivity index (χ4v) is 1.88. The smallest absolute Gasteiger partial charge is 0.363 e. The normalized spacial score (nSPS) is 17.6. The zero-order chi connectivity index (χ0) is 11.8. The number of esters is 1. The molecule has 0 saturated carbocycles. The Bertz CT molecular complexity index is 665. The molecule has 0 unspecified atom stereocenters. The van der Waals surface area contributed by atoms with E-state index in [4.69, 9.17) is 4.74 Å². The summed E-state index contributed by atoms with van der Waals surface area (Å²) < 4.78 is 4.87. The number of hydrogen-bond acceptors (Lipinski definition) is 3. The van der Waals surface area contributed by atoms with Crippen LogP contribution in [0.4, 0.5) is 0 Å². The van der Waals surface area contributed by atoms with Crippen LogP contribution in [0.1, 0.15) is 12.5 Å². The third-order valence-electron chi connectivity index (χ3n) is 2.64. The summed E-state index contributed by atoms with van der Waals surface area (Å²) in [7, 11) is 0. The van der Waals surface area contributed by atoms with Gasteiger partial charge in [-0.2, -0.15) is 0 Å². The fraction of sp³-hybridized carbons (Fsp3) is 0.0769. The standard InChI is InChI=1S/C13H10N2O2/c1-8-15-12(13(16)17-8)6-9-7-14-11-5-3-2-4-10(9)11/h2-7,14H,1H3. The number of H-pyrrole nitrogens is 1. The molecule has 84 valence electrons. The Morgan fingerprint density at radius 1 is 1.35 bits per heavy atom. The molecule has 0 radical (unpaired) electrons. The molecule has 2 aromatic rings. The molecule has 1 aliphatic rings. The summed E-state index contributed by atoms with van der Waals surface area (Å²) in [5.41, 5.74) is 2.31. The number of para-hydroxylation sites is 1. The topological polar surface area (TPSA) is 54.5 Å². The first kappa shape index (κ1) is 9.84. The van der Waals surface area contributed by atoms with Crippen LogP contribution in [-0.4, -0.2) is 16.9 Å². The zero-order valence-electron chi connectivity index (χ0n) is 9.23. The first-order valence-electron chi connectivity index (χ1n) is 5.29. The van der Waals surface area contributed by atoms with E-state index in [1.807, 2.05) is 30.5 Å². The third-order valence-corrected chi connectivity index (χ3v) is 2.64. The van der Waals surface area contributed by atoms with Gasteiger partial charge in [-0.15, -0.1) is 0 Å². The van der Waals surface area contributed by atoms with Crippen molar-refractivity contribution in [1.82, 2.24) is 4.98 Å². The van der Waals surface area contributed by atoms with Crippen LogP contribution in [0.25, 0.3) is 17.0 Å². The number of aliphatic imine (C=N–C) groups is 1. The summed E-state index contributed by atoms with van der Waals surface area (Å²) in [4.78, 5) is 18.6. The van der Waals surface area contributed by atoms with Gasteiger partial charge in [-0.3, -0.25) is 0 Å². The van der Waals surface area contributed by atoms with Crippen molar-refractivity contribution in [3.63, 3.8) is 0 Å². The maximum Gasteiger partial charge on any atom is 0.363 e. The number of rotatable bonds is 1. The van der Waals surface area contributed by atoms with Gasteiger partial charge in [0.25, 0.3) is 0 Å². The van der Waals surface area contributed by atoms with Gasteiger partial charge in [-0.05, 0) is 12.1 Å². The van der Waals surface area contributed by atoms with Crippen molar-refractivity contribution in [2.24, 2.45) is 4.99 Å². The van der Waals surface area contributed by atoms with E-state index in [9.17, 15) is 4.79 Å². The van der Waals surface area contributed by atoms with Gasteiger partial charge < -0.3 is 9.72 Å². The Hall–Kier alpha value is -2.36. The Morgan fingerprint density at radius 3 is 2.94 bits per heavy atom. The molecular formula is C13H10N2O2. The highest BCUT2D eigenvalue weighted by molar-refractivity contribution is 6.07. The lowest BCUT2D eigenvalue weighted by molar-refractivity contribution is -0.130. The number of benzene rings is 1. The Labute approximate surface area is 97.6 Å². The molecule has 0 aliphatic carbocycles. The lowest BCUT2D eigenvalue weighted by Gasteiger charge is -1.92. The van der Waals surface area contributed by atoms with Crippen LogP contribution >= 0.6 is 0 Å². The second kappa shape index (κ2) is 3.59. The molecule has 0 fully saturated rings. The van der Waals surface area contributed by atoms with Crippen molar-refractivity contribution in [2.45, 2.75) is 6.92 Å². The molecule has 1 aliphatic heterocycles. The summed E-state index contributed by atoms with van der Waals surface area (Å²) in [6.07, 6.45) is 3.59. The van der Waals surface area contributed by atoms with E-state index in [1.165, 1.54) is 0 Å². The summed E-state index contributed by atoms with van der Waals surface area (Å²) >= 11 is 0. The number of nitrogens with one attached hydrogen (secondary N) is 1. The molecule has 0 atom stereocenters. The number of nitrogens with zero attached hydrogens (tertiary/aromatic N) is 1. The fourth-order valence-electron chi connectivity index (χ4n) is 1.88. The van der Waals surface area contributed by atoms with Gasteiger partial charge in [0.15, 0.2) is 11.6 Å². The molecule has 0 saturated heterocycles. The molecule has 2 heterocycles. The van der Waals surface area contributed by atoms with Gasteiger partial charge >= 0.3 is 5.97 Å². The van der Waals surface area contributed by atoms with Crippen molar-refractivity contribution < 1.29 is 9.53 Å². The second-order valence-corrected chi connectivity index (χ2v) is 3.84. The average molecular weight is 226 g/mol. The summed E-state index contributed by atoms with van der Waals surface area (Å²) in [5, 5.41) is 1.06. The second-order valence-electron chi connectivity index (χ2n) is 3.84. The van der Waals surface area contributed by atoms with Gasteiger partial charge in [-0.1, -0.05) is 18.2 Å². The lowest BCUT2D eigenvalue weighted by atomic mass is 10.1. The molecule has 4 heteroatoms. The number of fused-ring (bicyclic) bond motifs is 1. The van der Waals surface area contributed by atoms with Crippen LogP contribution in [0.3, 0.4) is 0 Å². The zero-order valence-corrected chi connectivity index (χ0v) is 9.23. The molecule has 1 aromatic carbocycles. The number of cyclic esters (lactones) is 1. The number of carbonyl (C=O) groups is 1. The van der Waals surface area contributed by atoms with Gasteiger partial charge in [-0.25, -0.2) is 9.79 Å². The lowest BCUT2D eigenvalue weighted by Crippen LogP contribution is -1.99. The molecule has 4 nitrogen and oxygen atoms in total. The van der Waals surface area contributed by atoms with E-state index >= 15 is 0 Å². The van der Waals surface area contributed by atoms with Crippen LogP contribution in [0, 0.1) is 0 Å². The minimum atomic E-state index is -0.396. The SMILES string of the molecule is CC1=NC(=Cc2c[nH]c3ccccc23)C(=O)O1. The molecule has 0 bridgehead atoms. The molecule has 17 heavy (non-hydrogen) atoms. The molecule has 1 aromatic heterocycles. The van der Waals surface area contributed by atoms with Gasteiger partial charge in [0.2, 0.25) is 0 Å². The van der Waals surface area contributed by atoms with Crippen molar-refractivity contribution in [2.75, 3.05) is 0 Å². The van der Waals surface area contributed by atoms with Crippen LogP contribution in [0.2, 0.25) is 0 Å². The van der Waals surface area contributed by atoms with Crippen LogP contribution < -0.4 is 0 Å². The van der Waals surface area contributed by atoms with Gasteiger partial charge in [0.1, 0.15) is 0 Å². The quantitative estimate of drug-likeness (QED) is 0.600. The number of aromatic amines is 1. The third kappa shape index (κ3) is 1.63. The van der Waals surface area contributed by atoms with Crippen molar-refractivity contribution >= 4 is 28.8 Å². The van der Waals surface area contributed by atoms with Crippen LogP contribution in [0.5, 0.6) is 0 Å². The summed E-state index contributed by atoms with van der Waals surface area (Å²) in [6.45, 7) is 1.66. The largest absolute Gasteiger partial charge is 0.407 e. The first-order chi connectivity index (χ1) is 8.24. The number of hydrogen-bond donors (Lipinski definition) is 1. The molecule has 0 amide bonds. The van der Waals surface area contributed by atoms with Gasteiger partial charge in [0.05, 0.1) is 0 Å². The Balaban J connectivity index is 2.11. The minimum Gasteiger partial charge on any atom is -0.407 e. The molecule has 0 spiro atoms. The maximum atomic E-state index is 11.4. The molecule has 3 rings (SSSR count). The van der Waals surface area contributed by atoms with E-state index in [2.05, 4.69) is 9.98 Å². The molecular weight excluding hydrogens is 216 g/mol. The number of aromatic nitrogens is 1. The van der Waals surface area contributed by atoms with Crippen molar-refractivity contribution in [1.29, 1.82) is 0 Å². The predicted molar refractivity (Wildman–Crippen MR) is 65.5 cm³/mol. The highest BCUT2D eigenvalue weighted by Gasteiger charge is 2.19. The molecule has 1 N–H and O–H groups in total. The average Bonchev–Trinajstić information content (AvgIpc) is 2.85. The van der Waals surface area contributed by atoms with E-state index in [0.29, 0.717) is 11.6 Å². The number of carbonyl (C=O) groups excluding carboxylic acids is 1. The predicted octanol–water partition coefficient (Wildman–Crippen LogP) is 2.48. The maximum absolute atomic E-state index is 11.4. The highest BCUT2D eigenvalue weighted by atomic mass is 16.6. The monoisotopic (exact) mass is 226 g/mol. The van der Waals surface area contributed by atoms with E-state index in [1.54, 1.807) is 13.0 Å². The van der Waals surface area contributed by atoms with Crippen molar-refractivity contribution in [3.8, 4) is 0 Å². The first-order valence-corrected chi connectivity index (χ1v) is 5.29. The van der Waals surface area contributed by atoms with Gasteiger partial charge in [0, 0.05) is 29.6 Å². The van der Waals surface area contributed by atoms with Crippen molar-refractivity contribution in [3.05, 3.63) is 41.7 Å². The van der Waals surface area contributed by atoms with E-state index < -0.39 is 5.97 Å². The summed E-state index contributed by atoms with van der Waals surface area (Å²) in [6, 6.07) is 7.90. The highest BCUT2D eigenvalue weighted by Crippen LogP contribution is 2.22. The summed E-state index contributed by atoms with van der Waals surface area (Å²) in [5.74, 6) is -0.00567. The number of ether oxygens (including phenoxy) is 1. The van der Waals surface area contributed by atoms with E-state index in [0.717, 1.165) is 16.5 Å². The Morgan fingerprint density at radius 2 is 2.18 bits per heavy atom. The van der Waals surface area contributed by atoms with E-state index in [-0.39, 0.29) is 0 Å². The minimum absolute atomic E-state index is 0.340. The Kier molecular flexibility index (Phi) is 2.08. The van der Waals surface area contributed by atoms with Crippen LogP contribution in [0.15, 0.2) is 41.2 Å². The van der Waals surface area contributed by atoms with Crippen LogP contribution in [-0.2, 0) is 9.53 Å².